The van der Waals surface area contributed by atoms with Crippen LogP contribution < -0.4 is 10.6 Å². The van der Waals surface area contributed by atoms with E-state index in [0.29, 0.717) is 12.6 Å². The molecule has 0 aromatic heterocycles. The molecule has 0 unspecified atom stereocenters. The molecule has 1 aromatic carbocycles. The molecule has 1 aliphatic heterocycles. The number of nitrogens with two attached hydrogens (primary N) is 1. The molecule has 1 aliphatic rings. The van der Waals surface area contributed by atoms with Crippen molar-refractivity contribution in [2.45, 2.75) is 6.92 Å². The molecule has 1 aromatic rings. The number of allylic oxidation sites excluding steroid dienone is 1. The first-order valence-corrected chi connectivity index (χ1v) is 4.21. The van der Waals surface area contributed by atoms with Gasteiger partial charge >= 0.3 is 0 Å². The summed E-state index contributed by atoms with van der Waals surface area (Å²) in [4.78, 5) is 1.94. The molecule has 1 heterocycles. The van der Waals surface area contributed by atoms with Crippen LogP contribution in [-0.2, 0) is 4.74 Å². The van der Waals surface area contributed by atoms with Crippen LogP contribution in [-0.4, -0.2) is 6.73 Å². The lowest BCUT2D eigenvalue weighted by atomic mass is 10.3. The molecule has 68 valence electrons. The first kappa shape index (κ1) is 7.98. The van der Waals surface area contributed by atoms with Crippen molar-refractivity contribution in [2.75, 3.05) is 11.6 Å². The average molecular weight is 176 g/mol. The van der Waals surface area contributed by atoms with Gasteiger partial charge < -0.3 is 10.5 Å². The van der Waals surface area contributed by atoms with Gasteiger partial charge in [-0.15, -0.1) is 0 Å². The van der Waals surface area contributed by atoms with Gasteiger partial charge in [0.1, 0.15) is 11.6 Å². The molecule has 0 fully saturated rings. The van der Waals surface area contributed by atoms with Gasteiger partial charge in [-0.25, -0.2) is 0 Å². The maximum absolute atomic E-state index is 5.84. The van der Waals surface area contributed by atoms with E-state index in [1.807, 2.05) is 42.2 Å². The minimum Gasteiger partial charge on any atom is -0.474 e. The molecule has 3 heteroatoms. The first-order chi connectivity index (χ1) is 6.29. The summed E-state index contributed by atoms with van der Waals surface area (Å²) in [6.07, 6.45) is 0. The molecule has 3 nitrogen and oxygen atoms in total. The molecule has 2 rings (SSSR count). The minimum atomic E-state index is 0.516. The summed E-state index contributed by atoms with van der Waals surface area (Å²) in [7, 11) is 0. The maximum Gasteiger partial charge on any atom is 0.166 e. The van der Waals surface area contributed by atoms with Gasteiger partial charge in [0.05, 0.1) is 0 Å². The van der Waals surface area contributed by atoms with E-state index in [0.717, 1.165) is 11.4 Å². The number of rotatable bonds is 1. The van der Waals surface area contributed by atoms with E-state index in [1.165, 1.54) is 0 Å². The SMILES string of the molecule is CC1=C(N)N(c2ccccc2)CO1. The van der Waals surface area contributed by atoms with Crippen LogP contribution in [0.25, 0.3) is 0 Å². The average Bonchev–Trinajstić information content (AvgIpc) is 2.49. The highest BCUT2D eigenvalue weighted by molar-refractivity contribution is 5.52. The molecule has 0 spiro atoms. The van der Waals surface area contributed by atoms with Crippen LogP contribution in [0.2, 0.25) is 0 Å². The Morgan fingerprint density at radius 1 is 1.31 bits per heavy atom. The third kappa shape index (κ3) is 1.33. The number of benzene rings is 1. The van der Waals surface area contributed by atoms with Gasteiger partial charge in [0.25, 0.3) is 0 Å². The normalized spacial score (nSPS) is 16.2. The standard InChI is InChI=1S/C10H12N2O/c1-8-10(11)12(7-13-8)9-5-3-2-4-6-9/h2-6H,7,11H2,1H3. The first-order valence-electron chi connectivity index (χ1n) is 4.21. The van der Waals surface area contributed by atoms with Crippen molar-refractivity contribution in [3.8, 4) is 0 Å². The van der Waals surface area contributed by atoms with Gasteiger partial charge in [-0.1, -0.05) is 18.2 Å². The highest BCUT2D eigenvalue weighted by Crippen LogP contribution is 2.23. The van der Waals surface area contributed by atoms with E-state index in [2.05, 4.69) is 0 Å². The Hall–Kier alpha value is -1.64. The van der Waals surface area contributed by atoms with Crippen LogP contribution in [0.3, 0.4) is 0 Å². The van der Waals surface area contributed by atoms with Crippen LogP contribution in [0.15, 0.2) is 41.9 Å². The Morgan fingerprint density at radius 2 is 2.00 bits per heavy atom. The number of anilines is 1. The number of ether oxygens (including phenoxy) is 1. The fraction of sp³-hybridized carbons (Fsp3) is 0.200. The predicted octanol–water partition coefficient (Wildman–Crippen LogP) is 1.63. The summed E-state index contributed by atoms with van der Waals surface area (Å²) in [5.74, 6) is 1.50. The molecule has 0 saturated heterocycles. The van der Waals surface area contributed by atoms with E-state index in [4.69, 9.17) is 10.5 Å². The molecule has 0 amide bonds. The lowest BCUT2D eigenvalue weighted by Crippen LogP contribution is -2.23. The van der Waals surface area contributed by atoms with Crippen LogP contribution >= 0.6 is 0 Å². The van der Waals surface area contributed by atoms with Crippen molar-refractivity contribution in [3.05, 3.63) is 41.9 Å². The number of para-hydroxylation sites is 1. The molecule has 0 atom stereocenters. The Morgan fingerprint density at radius 3 is 2.54 bits per heavy atom. The lowest BCUT2D eigenvalue weighted by Gasteiger charge is -2.16. The van der Waals surface area contributed by atoms with Crippen molar-refractivity contribution in [1.82, 2.24) is 0 Å². The van der Waals surface area contributed by atoms with Gasteiger partial charge in [-0.2, -0.15) is 0 Å². The summed E-state index contributed by atoms with van der Waals surface area (Å²) in [5, 5.41) is 0. The van der Waals surface area contributed by atoms with Crippen LogP contribution in [0.5, 0.6) is 0 Å². The number of hydrogen-bond acceptors (Lipinski definition) is 3. The maximum atomic E-state index is 5.84. The smallest absolute Gasteiger partial charge is 0.166 e. The second kappa shape index (κ2) is 3.01. The van der Waals surface area contributed by atoms with E-state index >= 15 is 0 Å². The quantitative estimate of drug-likeness (QED) is 0.706. The molecule has 0 saturated carbocycles. The number of hydrogen-bond donors (Lipinski definition) is 1. The van der Waals surface area contributed by atoms with E-state index < -0.39 is 0 Å². The summed E-state index contributed by atoms with van der Waals surface area (Å²) < 4.78 is 5.31. The van der Waals surface area contributed by atoms with Crippen molar-refractivity contribution in [1.29, 1.82) is 0 Å². The summed E-state index contributed by atoms with van der Waals surface area (Å²) in [6, 6.07) is 9.96. The van der Waals surface area contributed by atoms with E-state index in [1.54, 1.807) is 0 Å². The predicted molar refractivity (Wildman–Crippen MR) is 51.8 cm³/mol. The number of nitrogens with zero attached hydrogens (tertiary/aromatic N) is 1. The van der Waals surface area contributed by atoms with Crippen LogP contribution in [0, 0.1) is 0 Å². The Balaban J connectivity index is 2.30. The van der Waals surface area contributed by atoms with Gasteiger partial charge in [-0.3, -0.25) is 4.90 Å². The van der Waals surface area contributed by atoms with Crippen molar-refractivity contribution >= 4 is 5.69 Å². The van der Waals surface area contributed by atoms with Gasteiger partial charge in [-0.05, 0) is 19.1 Å². The van der Waals surface area contributed by atoms with Gasteiger partial charge in [0, 0.05) is 5.69 Å². The largest absolute Gasteiger partial charge is 0.474 e. The minimum absolute atomic E-state index is 0.516. The Labute approximate surface area is 77.4 Å². The monoisotopic (exact) mass is 176 g/mol. The van der Waals surface area contributed by atoms with E-state index in [-0.39, 0.29) is 0 Å². The third-order valence-corrected chi connectivity index (χ3v) is 2.13. The zero-order valence-electron chi connectivity index (χ0n) is 7.53. The summed E-state index contributed by atoms with van der Waals surface area (Å²) in [5.41, 5.74) is 6.90. The van der Waals surface area contributed by atoms with Crippen LogP contribution in [0.4, 0.5) is 5.69 Å². The third-order valence-electron chi connectivity index (χ3n) is 2.13. The zero-order valence-corrected chi connectivity index (χ0v) is 7.53. The molecule has 0 aliphatic carbocycles. The molecule has 2 N–H and O–H groups in total. The highest BCUT2D eigenvalue weighted by Gasteiger charge is 2.19. The van der Waals surface area contributed by atoms with Crippen molar-refractivity contribution < 1.29 is 4.74 Å². The topological polar surface area (TPSA) is 38.5 Å². The summed E-state index contributed by atoms with van der Waals surface area (Å²) in [6.45, 7) is 2.39. The van der Waals surface area contributed by atoms with Gasteiger partial charge in [0.2, 0.25) is 0 Å². The molecular formula is C10H12N2O. The second-order valence-corrected chi connectivity index (χ2v) is 2.98. The fourth-order valence-electron chi connectivity index (χ4n) is 1.32. The van der Waals surface area contributed by atoms with E-state index in [9.17, 15) is 0 Å². The zero-order chi connectivity index (χ0) is 9.26. The lowest BCUT2D eigenvalue weighted by molar-refractivity contribution is 0.247. The highest BCUT2D eigenvalue weighted by atomic mass is 16.5. The molecule has 13 heavy (non-hydrogen) atoms. The fourth-order valence-corrected chi connectivity index (χ4v) is 1.32. The Kier molecular flexibility index (Phi) is 1.85. The van der Waals surface area contributed by atoms with Crippen LogP contribution in [0.1, 0.15) is 6.92 Å². The molecule has 0 radical (unpaired) electrons. The Bertz CT molecular complexity index is 332. The van der Waals surface area contributed by atoms with Crippen molar-refractivity contribution in [3.63, 3.8) is 0 Å². The molecular weight excluding hydrogens is 164 g/mol. The van der Waals surface area contributed by atoms with Crippen molar-refractivity contribution in [2.24, 2.45) is 5.73 Å². The summed E-state index contributed by atoms with van der Waals surface area (Å²) >= 11 is 0. The molecule has 0 bridgehead atoms. The second-order valence-electron chi connectivity index (χ2n) is 2.98. The van der Waals surface area contributed by atoms with Gasteiger partial charge in [0.15, 0.2) is 6.73 Å².